The van der Waals surface area contributed by atoms with Gasteiger partial charge in [0.05, 0.1) is 16.8 Å². The van der Waals surface area contributed by atoms with Crippen molar-refractivity contribution < 1.29 is 0 Å². The number of hydrogen-bond donors (Lipinski definition) is 1. The Morgan fingerprint density at radius 1 is 1.14 bits per heavy atom. The van der Waals surface area contributed by atoms with Gasteiger partial charge in [-0.25, -0.2) is 0 Å². The van der Waals surface area contributed by atoms with Crippen molar-refractivity contribution in [3.8, 4) is 6.07 Å². The van der Waals surface area contributed by atoms with E-state index in [-0.39, 0.29) is 6.04 Å². The van der Waals surface area contributed by atoms with E-state index in [1.54, 1.807) is 18.6 Å². The van der Waals surface area contributed by atoms with Gasteiger partial charge in [-0.1, -0.05) is 18.2 Å². The summed E-state index contributed by atoms with van der Waals surface area (Å²) in [6, 6.07) is 14.0. The Kier molecular flexibility index (Phi) is 3.48. The molecular weight excluding hydrogens is 260 g/mol. The van der Waals surface area contributed by atoms with E-state index >= 15 is 0 Å². The number of para-hydroxylation sites is 1. The third-order valence-electron chi connectivity index (χ3n) is 3.46. The fourth-order valence-corrected chi connectivity index (χ4v) is 2.33. The van der Waals surface area contributed by atoms with Gasteiger partial charge in [0, 0.05) is 30.0 Å². The largest absolute Gasteiger partial charge is 0.377 e. The van der Waals surface area contributed by atoms with E-state index in [9.17, 15) is 5.26 Å². The molecule has 0 amide bonds. The van der Waals surface area contributed by atoms with Crippen molar-refractivity contribution in [2.45, 2.75) is 13.0 Å². The first kappa shape index (κ1) is 13.1. The molecule has 2 aromatic heterocycles. The van der Waals surface area contributed by atoms with Gasteiger partial charge >= 0.3 is 0 Å². The molecule has 0 saturated heterocycles. The number of hydrogen-bond acceptors (Lipinski definition) is 4. The van der Waals surface area contributed by atoms with E-state index in [2.05, 4.69) is 28.3 Å². The third kappa shape index (κ3) is 2.54. The Balaban J connectivity index is 2.05. The highest BCUT2D eigenvalue weighted by atomic mass is 14.9. The number of nitrogens with zero attached hydrogens (tertiary/aromatic N) is 3. The predicted molar refractivity (Wildman–Crippen MR) is 82.7 cm³/mol. The summed E-state index contributed by atoms with van der Waals surface area (Å²) in [4.78, 5) is 8.35. The Bertz CT molecular complexity index is 806. The summed E-state index contributed by atoms with van der Waals surface area (Å²) in [6.07, 6.45) is 5.15. The molecule has 1 atom stereocenters. The average Bonchev–Trinajstić information content (AvgIpc) is 2.56. The SMILES string of the molecule is C[C@@H](Nc1c(C#N)cnc2ccccc12)c1ccncc1. The highest BCUT2D eigenvalue weighted by Gasteiger charge is 2.12. The van der Waals surface area contributed by atoms with E-state index in [0.717, 1.165) is 22.2 Å². The molecule has 0 fully saturated rings. The molecule has 0 aliphatic rings. The van der Waals surface area contributed by atoms with E-state index in [4.69, 9.17) is 0 Å². The van der Waals surface area contributed by atoms with Crippen LogP contribution < -0.4 is 5.32 Å². The maximum absolute atomic E-state index is 9.32. The van der Waals surface area contributed by atoms with Crippen LogP contribution in [0.2, 0.25) is 0 Å². The standard InChI is InChI=1S/C17H14N4/c1-12(13-6-8-19-9-7-13)21-17-14(10-18)11-20-16-5-3-2-4-15(16)17/h2-9,11-12H,1H3,(H,20,21)/t12-/m1/s1. The molecule has 1 N–H and O–H groups in total. The zero-order chi connectivity index (χ0) is 14.7. The van der Waals surface area contributed by atoms with Crippen LogP contribution in [0.1, 0.15) is 24.1 Å². The summed E-state index contributed by atoms with van der Waals surface area (Å²) >= 11 is 0. The molecule has 0 radical (unpaired) electrons. The summed E-state index contributed by atoms with van der Waals surface area (Å²) in [7, 11) is 0. The lowest BCUT2D eigenvalue weighted by Gasteiger charge is -2.18. The maximum Gasteiger partial charge on any atom is 0.103 e. The molecule has 21 heavy (non-hydrogen) atoms. The van der Waals surface area contributed by atoms with Gasteiger partial charge < -0.3 is 5.32 Å². The molecule has 3 aromatic rings. The first-order chi connectivity index (χ1) is 10.3. The highest BCUT2D eigenvalue weighted by molar-refractivity contribution is 5.94. The average molecular weight is 274 g/mol. The molecule has 0 spiro atoms. The summed E-state index contributed by atoms with van der Waals surface area (Å²) < 4.78 is 0. The minimum Gasteiger partial charge on any atom is -0.377 e. The van der Waals surface area contributed by atoms with E-state index in [1.807, 2.05) is 36.4 Å². The van der Waals surface area contributed by atoms with Crippen molar-refractivity contribution in [1.82, 2.24) is 9.97 Å². The summed E-state index contributed by atoms with van der Waals surface area (Å²) in [5.41, 5.74) is 3.37. The van der Waals surface area contributed by atoms with Gasteiger partial charge in [0.2, 0.25) is 0 Å². The summed E-state index contributed by atoms with van der Waals surface area (Å²) in [5.74, 6) is 0. The molecule has 4 nitrogen and oxygen atoms in total. The number of rotatable bonds is 3. The highest BCUT2D eigenvalue weighted by Crippen LogP contribution is 2.28. The molecule has 0 bridgehead atoms. The van der Waals surface area contributed by atoms with Gasteiger partial charge in [-0.3, -0.25) is 9.97 Å². The Labute approximate surface area is 123 Å². The van der Waals surface area contributed by atoms with Gasteiger partial charge in [0.1, 0.15) is 6.07 Å². The number of aromatic nitrogens is 2. The van der Waals surface area contributed by atoms with Crippen LogP contribution in [-0.2, 0) is 0 Å². The Morgan fingerprint density at radius 2 is 1.90 bits per heavy atom. The smallest absolute Gasteiger partial charge is 0.103 e. The fourth-order valence-electron chi connectivity index (χ4n) is 2.33. The van der Waals surface area contributed by atoms with Crippen LogP contribution in [0.4, 0.5) is 5.69 Å². The molecule has 0 unspecified atom stereocenters. The van der Waals surface area contributed by atoms with Crippen LogP contribution in [0, 0.1) is 11.3 Å². The summed E-state index contributed by atoms with van der Waals surface area (Å²) in [6.45, 7) is 2.06. The van der Waals surface area contributed by atoms with Gasteiger partial charge in [0.25, 0.3) is 0 Å². The zero-order valence-corrected chi connectivity index (χ0v) is 11.6. The predicted octanol–water partition coefficient (Wildman–Crippen LogP) is 3.67. The lowest BCUT2D eigenvalue weighted by molar-refractivity contribution is 0.881. The minimum absolute atomic E-state index is 0.0749. The van der Waals surface area contributed by atoms with Crippen molar-refractivity contribution >= 4 is 16.6 Å². The number of fused-ring (bicyclic) bond motifs is 1. The molecule has 3 rings (SSSR count). The molecule has 1 aromatic carbocycles. The Morgan fingerprint density at radius 3 is 2.67 bits per heavy atom. The van der Waals surface area contributed by atoms with Crippen LogP contribution in [0.5, 0.6) is 0 Å². The summed E-state index contributed by atoms with van der Waals surface area (Å²) in [5, 5.41) is 13.7. The Hall–Kier alpha value is -2.93. The second-order valence-corrected chi connectivity index (χ2v) is 4.82. The quantitative estimate of drug-likeness (QED) is 0.791. The second kappa shape index (κ2) is 5.59. The van der Waals surface area contributed by atoms with Gasteiger partial charge in [0.15, 0.2) is 0 Å². The zero-order valence-electron chi connectivity index (χ0n) is 11.6. The van der Waals surface area contributed by atoms with Gasteiger partial charge in [-0.15, -0.1) is 0 Å². The fraction of sp³-hybridized carbons (Fsp3) is 0.118. The van der Waals surface area contributed by atoms with Crippen LogP contribution in [-0.4, -0.2) is 9.97 Å². The minimum atomic E-state index is 0.0749. The van der Waals surface area contributed by atoms with Crippen LogP contribution in [0.25, 0.3) is 10.9 Å². The van der Waals surface area contributed by atoms with Gasteiger partial charge in [-0.05, 0) is 30.7 Å². The van der Waals surface area contributed by atoms with E-state index in [1.165, 1.54) is 0 Å². The van der Waals surface area contributed by atoms with Gasteiger partial charge in [-0.2, -0.15) is 5.26 Å². The van der Waals surface area contributed by atoms with Crippen molar-refractivity contribution in [2.75, 3.05) is 5.32 Å². The van der Waals surface area contributed by atoms with Crippen molar-refractivity contribution in [2.24, 2.45) is 0 Å². The van der Waals surface area contributed by atoms with Crippen LogP contribution >= 0.6 is 0 Å². The molecule has 102 valence electrons. The number of benzene rings is 1. The lowest BCUT2D eigenvalue weighted by atomic mass is 10.1. The van der Waals surface area contributed by atoms with E-state index < -0.39 is 0 Å². The van der Waals surface area contributed by atoms with Crippen molar-refractivity contribution in [1.29, 1.82) is 5.26 Å². The van der Waals surface area contributed by atoms with Crippen LogP contribution in [0.15, 0.2) is 55.0 Å². The lowest BCUT2D eigenvalue weighted by Crippen LogP contribution is -2.08. The third-order valence-corrected chi connectivity index (χ3v) is 3.46. The van der Waals surface area contributed by atoms with Crippen molar-refractivity contribution in [3.05, 3.63) is 66.1 Å². The topological polar surface area (TPSA) is 61.6 Å². The van der Waals surface area contributed by atoms with E-state index in [0.29, 0.717) is 5.56 Å². The molecule has 0 saturated carbocycles. The molecule has 0 aliphatic carbocycles. The first-order valence-corrected chi connectivity index (χ1v) is 6.74. The second-order valence-electron chi connectivity index (χ2n) is 4.82. The van der Waals surface area contributed by atoms with Crippen molar-refractivity contribution in [3.63, 3.8) is 0 Å². The number of pyridine rings is 2. The molecular formula is C17H14N4. The first-order valence-electron chi connectivity index (χ1n) is 6.74. The number of nitrogens with one attached hydrogen (secondary N) is 1. The number of nitriles is 1. The normalized spacial score (nSPS) is 11.8. The number of anilines is 1. The molecule has 2 heterocycles. The maximum atomic E-state index is 9.32. The monoisotopic (exact) mass is 274 g/mol. The molecule has 4 heteroatoms. The molecule has 0 aliphatic heterocycles. The van der Waals surface area contributed by atoms with Crippen LogP contribution in [0.3, 0.4) is 0 Å².